The molecule has 1 N–H and O–H groups in total. The van der Waals surface area contributed by atoms with Crippen LogP contribution in [0.5, 0.6) is 0 Å². The van der Waals surface area contributed by atoms with E-state index in [1.54, 1.807) is 16.9 Å². The highest BCUT2D eigenvalue weighted by atomic mass is 19.1. The van der Waals surface area contributed by atoms with Crippen molar-refractivity contribution in [2.24, 2.45) is 7.05 Å². The van der Waals surface area contributed by atoms with Crippen LogP contribution in [0, 0.1) is 12.7 Å². The number of rotatable bonds is 3. The summed E-state index contributed by atoms with van der Waals surface area (Å²) in [7, 11) is 1.88. The van der Waals surface area contributed by atoms with Crippen molar-refractivity contribution in [1.29, 1.82) is 0 Å². The molecule has 0 unspecified atom stereocenters. The van der Waals surface area contributed by atoms with E-state index < -0.39 is 0 Å². The monoisotopic (exact) mass is 388 g/mol. The number of aromatic nitrogens is 6. The smallest absolute Gasteiger partial charge is 0.151 e. The van der Waals surface area contributed by atoms with Crippen LogP contribution in [-0.2, 0) is 7.05 Å². The standard InChI is InChI=1S/C22H21FN6/c1-12(2)29-13(3)26-21-18(23)7-14(8-20(21)29)17-10-24-22-16(17)5-6-19(27-22)15-9-25-28(4)11-15/h5-12H,1-4H3,(H,24,27). The highest BCUT2D eigenvalue weighted by Crippen LogP contribution is 2.33. The molecule has 0 bridgehead atoms. The molecule has 0 aliphatic carbocycles. The zero-order chi connectivity index (χ0) is 20.3. The first kappa shape index (κ1) is 17.6. The van der Waals surface area contributed by atoms with Crippen molar-refractivity contribution in [3.63, 3.8) is 0 Å². The normalized spacial score (nSPS) is 11.9. The summed E-state index contributed by atoms with van der Waals surface area (Å²) in [6, 6.07) is 7.74. The van der Waals surface area contributed by atoms with E-state index in [0.29, 0.717) is 5.52 Å². The second-order valence-corrected chi connectivity index (χ2v) is 7.65. The number of nitrogens with zero attached hydrogens (tertiary/aromatic N) is 5. The summed E-state index contributed by atoms with van der Waals surface area (Å²) in [6.45, 7) is 6.07. The van der Waals surface area contributed by atoms with Crippen LogP contribution in [0.3, 0.4) is 0 Å². The minimum absolute atomic E-state index is 0.196. The number of imidazole rings is 1. The van der Waals surface area contributed by atoms with Gasteiger partial charge in [0.05, 0.1) is 17.4 Å². The lowest BCUT2D eigenvalue weighted by atomic mass is 10.0. The van der Waals surface area contributed by atoms with Gasteiger partial charge in [0.25, 0.3) is 0 Å². The number of aromatic amines is 1. The SMILES string of the molecule is Cc1nc2c(F)cc(-c3c[nH]c4nc(-c5cnn(C)c5)ccc34)cc2n1C(C)C. The van der Waals surface area contributed by atoms with Crippen LogP contribution in [0.4, 0.5) is 4.39 Å². The van der Waals surface area contributed by atoms with Crippen molar-refractivity contribution >= 4 is 22.1 Å². The lowest BCUT2D eigenvalue weighted by Gasteiger charge is -2.11. The Kier molecular flexibility index (Phi) is 3.81. The third-order valence-corrected chi connectivity index (χ3v) is 5.29. The molecule has 0 saturated heterocycles. The first-order valence-electron chi connectivity index (χ1n) is 9.58. The zero-order valence-electron chi connectivity index (χ0n) is 16.7. The van der Waals surface area contributed by atoms with Crippen LogP contribution in [0.2, 0.25) is 0 Å². The van der Waals surface area contributed by atoms with Crippen LogP contribution in [0.1, 0.15) is 25.7 Å². The van der Waals surface area contributed by atoms with Crippen molar-refractivity contribution in [3.8, 4) is 22.4 Å². The Balaban J connectivity index is 1.67. The molecule has 0 fully saturated rings. The molecule has 0 radical (unpaired) electrons. The number of fused-ring (bicyclic) bond motifs is 2. The fourth-order valence-corrected chi connectivity index (χ4v) is 4.03. The van der Waals surface area contributed by atoms with Crippen molar-refractivity contribution in [3.05, 3.63) is 54.5 Å². The minimum atomic E-state index is -0.311. The van der Waals surface area contributed by atoms with Crippen molar-refractivity contribution in [2.75, 3.05) is 0 Å². The van der Waals surface area contributed by atoms with Gasteiger partial charge in [-0.1, -0.05) is 0 Å². The van der Waals surface area contributed by atoms with Crippen molar-refractivity contribution in [2.45, 2.75) is 26.8 Å². The van der Waals surface area contributed by atoms with Gasteiger partial charge in [-0.05, 0) is 50.6 Å². The maximum absolute atomic E-state index is 14.9. The highest BCUT2D eigenvalue weighted by Gasteiger charge is 2.17. The van der Waals surface area contributed by atoms with Gasteiger partial charge >= 0.3 is 0 Å². The first-order valence-corrected chi connectivity index (χ1v) is 9.58. The van der Waals surface area contributed by atoms with E-state index in [-0.39, 0.29) is 11.9 Å². The molecule has 4 aromatic heterocycles. The van der Waals surface area contributed by atoms with Gasteiger partial charge in [-0.25, -0.2) is 14.4 Å². The molecule has 0 aliphatic rings. The molecule has 6 nitrogen and oxygen atoms in total. The molecule has 5 aromatic rings. The lowest BCUT2D eigenvalue weighted by molar-refractivity contribution is 0.600. The molecule has 29 heavy (non-hydrogen) atoms. The molecular formula is C22H21FN6. The maximum atomic E-state index is 14.9. The number of aryl methyl sites for hydroxylation is 2. The average Bonchev–Trinajstić information content (AvgIpc) is 3.37. The molecule has 7 heteroatoms. The predicted octanol–water partition coefficient (Wildman–Crippen LogP) is 5.01. The van der Waals surface area contributed by atoms with Crippen LogP contribution in [0.25, 0.3) is 44.5 Å². The van der Waals surface area contributed by atoms with Gasteiger partial charge in [0.15, 0.2) is 5.82 Å². The Bertz CT molecular complexity index is 1370. The second-order valence-electron chi connectivity index (χ2n) is 7.65. The van der Waals surface area contributed by atoms with Crippen molar-refractivity contribution < 1.29 is 4.39 Å². The summed E-state index contributed by atoms with van der Waals surface area (Å²) in [5.74, 6) is 0.502. The summed E-state index contributed by atoms with van der Waals surface area (Å²) in [6.07, 6.45) is 5.60. The number of hydrogen-bond acceptors (Lipinski definition) is 3. The van der Waals surface area contributed by atoms with Gasteiger partial charge in [-0.3, -0.25) is 4.68 Å². The fourth-order valence-electron chi connectivity index (χ4n) is 4.03. The van der Waals surface area contributed by atoms with Crippen LogP contribution >= 0.6 is 0 Å². The Hall–Kier alpha value is -3.48. The van der Waals surface area contributed by atoms with Crippen molar-refractivity contribution in [1.82, 2.24) is 29.3 Å². The third kappa shape index (κ3) is 2.73. The molecule has 0 saturated carbocycles. The molecule has 0 spiro atoms. The lowest BCUT2D eigenvalue weighted by Crippen LogP contribution is -2.02. The number of hydrogen-bond donors (Lipinski definition) is 1. The van der Waals surface area contributed by atoms with Gasteiger partial charge in [0, 0.05) is 42.0 Å². The zero-order valence-corrected chi connectivity index (χ0v) is 16.7. The average molecular weight is 388 g/mol. The number of pyridine rings is 1. The molecule has 146 valence electrons. The summed E-state index contributed by atoms with van der Waals surface area (Å²) < 4.78 is 18.7. The number of benzene rings is 1. The maximum Gasteiger partial charge on any atom is 0.151 e. The van der Waals surface area contributed by atoms with Gasteiger partial charge in [-0.15, -0.1) is 0 Å². The highest BCUT2D eigenvalue weighted by molar-refractivity contribution is 5.96. The van der Waals surface area contributed by atoms with E-state index in [2.05, 4.69) is 33.5 Å². The first-order chi connectivity index (χ1) is 13.9. The minimum Gasteiger partial charge on any atom is -0.345 e. The van der Waals surface area contributed by atoms with E-state index >= 15 is 0 Å². The van der Waals surface area contributed by atoms with E-state index in [1.165, 1.54) is 0 Å². The largest absolute Gasteiger partial charge is 0.345 e. The Morgan fingerprint density at radius 1 is 1.10 bits per heavy atom. The topological polar surface area (TPSA) is 64.3 Å². The Morgan fingerprint density at radius 2 is 1.93 bits per heavy atom. The molecule has 4 heterocycles. The molecule has 0 aliphatic heterocycles. The molecule has 0 atom stereocenters. The summed E-state index contributed by atoms with van der Waals surface area (Å²) in [4.78, 5) is 12.4. The number of H-pyrrole nitrogens is 1. The summed E-state index contributed by atoms with van der Waals surface area (Å²) in [5, 5.41) is 5.15. The predicted molar refractivity (Wildman–Crippen MR) is 112 cm³/mol. The summed E-state index contributed by atoms with van der Waals surface area (Å²) in [5.41, 5.74) is 5.50. The Morgan fingerprint density at radius 3 is 2.66 bits per heavy atom. The van der Waals surface area contributed by atoms with E-state index in [0.717, 1.165) is 44.8 Å². The quantitative estimate of drug-likeness (QED) is 0.473. The number of nitrogens with one attached hydrogen (secondary N) is 1. The molecule has 1 aromatic carbocycles. The Labute approximate surface area is 167 Å². The van der Waals surface area contributed by atoms with Gasteiger partial charge < -0.3 is 9.55 Å². The number of halogens is 1. The van der Waals surface area contributed by atoms with E-state index in [9.17, 15) is 4.39 Å². The van der Waals surface area contributed by atoms with Crippen LogP contribution < -0.4 is 0 Å². The van der Waals surface area contributed by atoms with Gasteiger partial charge in [-0.2, -0.15) is 5.10 Å². The van der Waals surface area contributed by atoms with E-state index in [4.69, 9.17) is 4.98 Å². The summed E-state index contributed by atoms with van der Waals surface area (Å²) >= 11 is 0. The van der Waals surface area contributed by atoms with Crippen LogP contribution in [-0.4, -0.2) is 29.3 Å². The van der Waals surface area contributed by atoms with Gasteiger partial charge in [0.1, 0.15) is 17.0 Å². The molecular weight excluding hydrogens is 367 g/mol. The fraction of sp³-hybridized carbons (Fsp3) is 0.227. The van der Waals surface area contributed by atoms with Gasteiger partial charge in [0.2, 0.25) is 0 Å². The van der Waals surface area contributed by atoms with E-state index in [1.807, 2.05) is 44.6 Å². The molecule has 0 amide bonds. The van der Waals surface area contributed by atoms with Crippen LogP contribution in [0.15, 0.2) is 42.9 Å². The second kappa shape index (κ2) is 6.27. The molecule has 5 rings (SSSR count). The third-order valence-electron chi connectivity index (χ3n) is 5.29.